The first kappa shape index (κ1) is 102. The molecule has 18 rings (SSSR count). The van der Waals surface area contributed by atoms with Crippen molar-refractivity contribution in [1.82, 2.24) is 38.9 Å². The maximum absolute atomic E-state index is 14.0. The molecule has 4 unspecified atom stereocenters. The maximum atomic E-state index is 14.0. The van der Waals surface area contributed by atoms with Gasteiger partial charge in [-0.2, -0.15) is 0 Å². The van der Waals surface area contributed by atoms with E-state index in [0.717, 1.165) is 16.7 Å². The van der Waals surface area contributed by atoms with Crippen LogP contribution in [-0.2, 0) is 89.1 Å². The van der Waals surface area contributed by atoms with Crippen LogP contribution in [0.15, 0.2) is 183 Å². The van der Waals surface area contributed by atoms with Crippen LogP contribution in [0.4, 0.5) is 32.8 Å². The largest absolute Gasteiger partial charge is 0.507 e. The van der Waals surface area contributed by atoms with Crippen molar-refractivity contribution in [2.75, 3.05) is 34.2 Å². The number of nitrogens with two attached hydrogens (primary N) is 1. The number of aliphatic hydroxyl groups is 4. The number of halogens is 1. The van der Waals surface area contributed by atoms with Crippen LogP contribution in [0.2, 0.25) is 0 Å². The van der Waals surface area contributed by atoms with E-state index in [4.69, 9.17) is 31.2 Å². The van der Waals surface area contributed by atoms with Crippen LogP contribution in [0.1, 0.15) is 244 Å². The van der Waals surface area contributed by atoms with Gasteiger partial charge in [0.15, 0.2) is 53.1 Å². The molecule has 17 N–H and O–H groups in total. The lowest BCUT2D eigenvalue weighted by Crippen LogP contribution is -2.54. The smallest absolute Gasteiger partial charge is 0.352 e. The van der Waals surface area contributed by atoms with E-state index in [9.17, 15) is 103 Å². The summed E-state index contributed by atoms with van der Waals surface area (Å²) in [6.07, 6.45) is 0.281. The summed E-state index contributed by atoms with van der Waals surface area (Å²) >= 11 is 0. The van der Waals surface area contributed by atoms with Crippen molar-refractivity contribution in [2.45, 2.75) is 172 Å². The van der Waals surface area contributed by atoms with Gasteiger partial charge in [-0.25, -0.2) is 4.79 Å². The number of aromatic hydroxyl groups is 4. The number of nitrogen functional groups attached to an aromatic ring is 1. The van der Waals surface area contributed by atoms with E-state index in [2.05, 4.69) is 41.9 Å². The highest BCUT2D eigenvalue weighted by Gasteiger charge is 2.53. The number of carbonyl (C=O) groups excluding carboxylic acids is 11. The first-order valence-corrected chi connectivity index (χ1v) is 46.2. The number of phenolic OH excluding ortho intramolecular Hbond substituents is 4. The molecule has 6 aromatic heterocycles. The maximum Gasteiger partial charge on any atom is 0.352 e. The van der Waals surface area contributed by atoms with E-state index < -0.39 is 179 Å². The molecular formula is C106H108FN13O25. The molecule has 2 aliphatic heterocycles. The Labute approximate surface area is 830 Å². The number of carboxylic acid groups (broad SMARTS) is 1. The van der Waals surface area contributed by atoms with E-state index in [1.807, 2.05) is 36.4 Å². The number of aryl methyl sites for hydroxylation is 6. The van der Waals surface area contributed by atoms with Gasteiger partial charge in [0.05, 0.1) is 95.8 Å². The molecule has 39 heteroatoms. The van der Waals surface area contributed by atoms with Gasteiger partial charge in [-0.05, 0) is 130 Å². The Bertz CT molecular complexity index is 7190. The lowest BCUT2D eigenvalue weighted by molar-refractivity contribution is -0.250. The second-order valence-corrected chi connectivity index (χ2v) is 36.8. The number of pyridine rings is 2. The van der Waals surface area contributed by atoms with Crippen molar-refractivity contribution >= 4 is 98.5 Å². The lowest BCUT2D eigenvalue weighted by Gasteiger charge is -2.43. The van der Waals surface area contributed by atoms with Gasteiger partial charge in [0.2, 0.25) is 0 Å². The van der Waals surface area contributed by atoms with Crippen LogP contribution in [-0.4, -0.2) is 212 Å². The fraction of sp³-hybridized carbons (Fsp3) is 0.302. The number of aromatic nitrogens is 6. The van der Waals surface area contributed by atoms with Crippen molar-refractivity contribution in [3.05, 3.63) is 312 Å². The average Bonchev–Trinajstić information content (AvgIpc) is 0.961. The van der Waals surface area contributed by atoms with Gasteiger partial charge in [0, 0.05) is 186 Å². The highest BCUT2D eigenvalue weighted by atomic mass is 19.1. The van der Waals surface area contributed by atoms with Gasteiger partial charge in [0.25, 0.3) is 23.6 Å². The number of hydrogen-bond donors (Lipinski definition) is 16. The predicted molar refractivity (Wildman–Crippen MR) is 524 cm³/mol. The second kappa shape index (κ2) is 42.5. The topological polar surface area (TPSA) is 568 Å². The zero-order chi connectivity index (χ0) is 105. The summed E-state index contributed by atoms with van der Waals surface area (Å²) in [6, 6.07) is 39.1. The molecule has 6 aliphatic rings. The summed E-state index contributed by atoms with van der Waals surface area (Å²) < 4.78 is 46.5. The molecule has 2 saturated heterocycles. The SMILES string of the molecule is CC(=O)C1(O)Cc2c(O)c3c(c(O)c2C(O[C@H]2C[C@H](NCc4ccc(CC(=O)c5cc(NC(=O)c6cc(NC(=O)c7ccccn7)cn6C)cn5C)cc4)[C@H](O)[C@H](C)O2)C1)C(=O)c1c(C)cccc1C3=O.CC(=O)C1(O)Cc2c(O)c3c(c(O)c2C(O[C@H]2C[C@H](NCc4ccc(N)cc4)[C@H](O)[C@H](C)O2)C1)C(=O)c1c(C)cccc1C3=O.Cn1cc(NC(=O)c2cc(NC(=O)c3ccccn3)cn2C)cc1C(=O)O.[2H]CF. The Morgan fingerprint density at radius 1 is 0.483 bits per heavy atom. The van der Waals surface area contributed by atoms with Crippen molar-refractivity contribution in [3.63, 3.8) is 0 Å². The third-order valence-corrected chi connectivity index (χ3v) is 26.9. The molecule has 38 nitrogen and oxygen atoms in total. The number of aromatic carboxylic acids is 1. The molecule has 12 atom stereocenters. The van der Waals surface area contributed by atoms with Crippen LogP contribution >= 0.6 is 0 Å². The molecule has 4 amide bonds. The molecule has 0 radical (unpaired) electrons. The Morgan fingerprint density at radius 3 is 1.21 bits per heavy atom. The van der Waals surface area contributed by atoms with E-state index >= 15 is 0 Å². The number of aliphatic hydroxyl groups excluding tert-OH is 2. The first-order chi connectivity index (χ1) is 69.4. The third kappa shape index (κ3) is 21.3. The highest BCUT2D eigenvalue weighted by molar-refractivity contribution is 6.32. The molecule has 0 saturated carbocycles. The number of benzene rings is 6. The summed E-state index contributed by atoms with van der Waals surface area (Å²) in [5.41, 5.74) is 7.69. The number of carboxylic acids is 1. The number of ketones is 7. The number of carbonyl (C=O) groups is 12. The number of amides is 4. The number of nitrogens with zero attached hydrogens (tertiary/aromatic N) is 6. The molecular weight excluding hydrogens is 1870 g/mol. The van der Waals surface area contributed by atoms with Crippen LogP contribution < -0.4 is 37.6 Å². The van der Waals surface area contributed by atoms with Crippen LogP contribution in [0.5, 0.6) is 23.0 Å². The fourth-order valence-electron chi connectivity index (χ4n) is 19.2. The Kier molecular flexibility index (Phi) is 29.9. The summed E-state index contributed by atoms with van der Waals surface area (Å²) in [5, 5.41) is 118. The minimum absolute atomic E-state index is 0.00381. The Morgan fingerprint density at radius 2 is 0.834 bits per heavy atom. The van der Waals surface area contributed by atoms with Gasteiger partial charge in [-0.3, -0.25) is 67.1 Å². The number of ether oxygens (including phenoxy) is 4. The summed E-state index contributed by atoms with van der Waals surface area (Å²) in [5.74, 6) is -9.18. The summed E-state index contributed by atoms with van der Waals surface area (Å²) in [4.78, 5) is 164. The molecule has 2 fully saturated rings. The number of anilines is 5. The molecule has 8 heterocycles. The summed E-state index contributed by atoms with van der Waals surface area (Å²) in [6.45, 7) is 9.79. The number of Topliss-reactive ketones (excluding diaryl/α,β-unsaturated/α-hetero) is 3. The third-order valence-electron chi connectivity index (χ3n) is 26.9. The van der Waals surface area contributed by atoms with Gasteiger partial charge in [0.1, 0.15) is 62.7 Å². The van der Waals surface area contributed by atoms with E-state index in [-0.39, 0.29) is 128 Å². The Hall–Kier alpha value is -15.7. The van der Waals surface area contributed by atoms with Crippen molar-refractivity contribution in [2.24, 2.45) is 28.2 Å². The summed E-state index contributed by atoms with van der Waals surface area (Å²) in [7, 11) is 5.62. The number of alkyl halides is 1. The number of phenols is 4. The van der Waals surface area contributed by atoms with Crippen molar-refractivity contribution in [3.8, 4) is 23.0 Å². The van der Waals surface area contributed by atoms with Gasteiger partial charge in [-0.1, -0.05) is 84.9 Å². The number of rotatable bonds is 24. The monoisotopic (exact) mass is 1980 g/mol. The van der Waals surface area contributed by atoms with Crippen molar-refractivity contribution < 1.29 is 128 Å². The average molecular weight is 1980 g/mol. The standard InChI is InChI=1S/C53H52N6O12.C34H36N2O9.C18H17N5O4.CH3F/c1-26-9-8-10-33-42(26)49(65)45-44(47(33)63)48(64)34-21-53(69,28(3)60)22-40(43(34)50(45)66)71-41-20-36(46(62)27(2)70-41)55-23-30-14-12-29(13-15-30)17-39(61)37-18-31(24-58(37)4)57-52(68)38-19-32(25-59(38)5)56-51(67)35-11-6-7-16-54-35;1-15-5-4-6-20-25(15)32(41)28-27(30(20)39)31(40)21-12-34(43,17(3)37)13-23(26(21)33(28)42)45-24-11-22(29(38)16(2)44-24)36-14-18-7-9-19(35)10-8-18;1-22-9-11(20-16(24)13-5-3-4-6-19-13)7-14(22)17(25)21-12-8-15(18(26)27)23(2)10-12;1-2/h6-16,18-19,24-25,27,36,40-41,46,55,62,64,66,69H,17,20-23H2,1-5H3,(H,56,67)(H,57,68);4-10,16,22-24,29,36,38,40,42-43H,11-14,35H2,1-3H3;3-10H,1-2H3,(H,20,24)(H,21,25)(H,26,27);1H3/t27-,36-,40?,41-,46+,53?;16-,22-,23?,24-,29+,34?;;/m00../s1/i;;;1D. The molecule has 0 bridgehead atoms. The van der Waals surface area contributed by atoms with Gasteiger partial charge in [-0.15, -0.1) is 0 Å². The number of hydrogen-bond acceptors (Lipinski definition) is 29. The van der Waals surface area contributed by atoms with Crippen molar-refractivity contribution in [1.29, 1.82) is 0 Å². The second-order valence-electron chi connectivity index (χ2n) is 36.8. The highest BCUT2D eigenvalue weighted by Crippen LogP contribution is 2.55. The fourth-order valence-corrected chi connectivity index (χ4v) is 19.2. The van der Waals surface area contributed by atoms with Gasteiger partial charge >= 0.3 is 5.97 Å². The lowest BCUT2D eigenvalue weighted by atomic mass is 9.71. The predicted octanol–water partition coefficient (Wildman–Crippen LogP) is 10.5. The number of fused-ring (bicyclic) bond motifs is 6. The molecule has 6 aromatic carbocycles. The van der Waals surface area contributed by atoms with Crippen LogP contribution in [0, 0.1) is 13.8 Å². The molecule has 0 spiro atoms. The van der Waals surface area contributed by atoms with E-state index in [0.29, 0.717) is 64.0 Å². The normalized spacial score (nSPS) is 21.1. The van der Waals surface area contributed by atoms with E-state index in [1.54, 1.807) is 173 Å². The van der Waals surface area contributed by atoms with Crippen LogP contribution in [0.25, 0.3) is 0 Å². The first-order valence-electron chi connectivity index (χ1n) is 46.9. The minimum atomic E-state index is -2.07. The zero-order valence-electron chi connectivity index (χ0n) is 81.4. The Balaban J connectivity index is 0.000000181. The molecule has 12 aromatic rings. The zero-order valence-corrected chi connectivity index (χ0v) is 80.4. The van der Waals surface area contributed by atoms with E-state index in [1.165, 1.54) is 61.3 Å². The van der Waals surface area contributed by atoms with Gasteiger partial charge < -0.3 is 121 Å². The molecule has 145 heavy (non-hydrogen) atoms. The molecule has 754 valence electrons. The quantitative estimate of drug-likeness (QED) is 0.0152. The number of nitrogens with one attached hydrogen (secondary N) is 6. The minimum Gasteiger partial charge on any atom is -0.507 e. The van der Waals surface area contributed by atoms with Crippen LogP contribution in [0.3, 0.4) is 0 Å². The molecule has 4 aliphatic carbocycles.